The van der Waals surface area contributed by atoms with E-state index < -0.39 is 0 Å². The zero-order chi connectivity index (χ0) is 17.5. The molecule has 0 unspecified atom stereocenters. The minimum Gasteiger partial charge on any atom is -0.453 e. The number of amides is 3. The van der Waals surface area contributed by atoms with E-state index in [1.807, 2.05) is 32.0 Å². The molecule has 0 radical (unpaired) electrons. The molecule has 0 saturated carbocycles. The maximum Gasteiger partial charge on any atom is 0.409 e. The number of methoxy groups -OCH3 is 1. The molecule has 0 spiro atoms. The van der Waals surface area contributed by atoms with Gasteiger partial charge in [-0.25, -0.2) is 9.59 Å². The van der Waals surface area contributed by atoms with Crippen molar-refractivity contribution in [1.82, 2.24) is 15.1 Å². The van der Waals surface area contributed by atoms with E-state index in [0.717, 1.165) is 30.9 Å². The number of hydrogen-bond acceptors (Lipinski definition) is 4. The molecule has 7 nitrogen and oxygen atoms in total. The summed E-state index contributed by atoms with van der Waals surface area (Å²) in [5.41, 5.74) is 3.14. The van der Waals surface area contributed by atoms with Crippen LogP contribution in [0.4, 0.5) is 15.3 Å². The van der Waals surface area contributed by atoms with Crippen LogP contribution in [0.25, 0.3) is 0 Å². The van der Waals surface area contributed by atoms with Crippen LogP contribution in [0.15, 0.2) is 18.2 Å². The van der Waals surface area contributed by atoms with Crippen molar-refractivity contribution in [2.45, 2.75) is 13.8 Å². The van der Waals surface area contributed by atoms with Gasteiger partial charge < -0.3 is 20.3 Å². The topological polar surface area (TPSA) is 73.9 Å². The molecule has 0 bridgehead atoms. The van der Waals surface area contributed by atoms with Gasteiger partial charge in [-0.05, 0) is 37.1 Å². The van der Waals surface area contributed by atoms with Crippen molar-refractivity contribution in [3.05, 3.63) is 29.3 Å². The standard InChI is InChI=1S/C17H26N4O3/c1-13-4-5-15(12-14(13)2)19-16(22)18-6-7-20-8-10-21(11-9-20)17(23)24-3/h4-5,12H,6-11H2,1-3H3,(H2,18,19,22). The average molecular weight is 334 g/mol. The molecule has 1 aromatic rings. The fraction of sp³-hybridized carbons (Fsp3) is 0.529. The fourth-order valence-electron chi connectivity index (χ4n) is 2.61. The molecule has 24 heavy (non-hydrogen) atoms. The quantitative estimate of drug-likeness (QED) is 0.881. The van der Waals surface area contributed by atoms with Crippen LogP contribution in [-0.4, -0.2) is 68.3 Å². The zero-order valence-electron chi connectivity index (χ0n) is 14.6. The Kier molecular flexibility index (Phi) is 6.43. The molecule has 0 aliphatic carbocycles. The van der Waals surface area contributed by atoms with Gasteiger partial charge in [-0.15, -0.1) is 0 Å². The molecular formula is C17H26N4O3. The lowest BCUT2D eigenvalue weighted by Gasteiger charge is -2.33. The highest BCUT2D eigenvalue weighted by atomic mass is 16.5. The number of ether oxygens (including phenoxy) is 1. The van der Waals surface area contributed by atoms with Crippen LogP contribution in [0.3, 0.4) is 0 Å². The van der Waals surface area contributed by atoms with Crippen molar-refractivity contribution >= 4 is 17.8 Å². The average Bonchev–Trinajstić information content (AvgIpc) is 2.58. The van der Waals surface area contributed by atoms with Crippen LogP contribution in [0.2, 0.25) is 0 Å². The van der Waals surface area contributed by atoms with Gasteiger partial charge in [0.2, 0.25) is 0 Å². The van der Waals surface area contributed by atoms with Crippen molar-refractivity contribution in [2.75, 3.05) is 51.7 Å². The Hall–Kier alpha value is -2.28. The fourth-order valence-corrected chi connectivity index (χ4v) is 2.61. The van der Waals surface area contributed by atoms with Gasteiger partial charge in [0.05, 0.1) is 7.11 Å². The Labute approximate surface area is 142 Å². The third-order valence-corrected chi connectivity index (χ3v) is 4.28. The normalized spacial score (nSPS) is 15.0. The third kappa shape index (κ3) is 5.13. The van der Waals surface area contributed by atoms with Gasteiger partial charge in [0.15, 0.2) is 0 Å². The first kappa shape index (κ1) is 18.1. The molecule has 0 aromatic heterocycles. The molecule has 3 amide bonds. The summed E-state index contributed by atoms with van der Waals surface area (Å²) in [6.07, 6.45) is -0.277. The number of nitrogens with one attached hydrogen (secondary N) is 2. The van der Waals surface area contributed by atoms with Gasteiger partial charge in [0.1, 0.15) is 0 Å². The molecule has 132 valence electrons. The minimum atomic E-state index is -0.277. The first-order chi connectivity index (χ1) is 11.5. The third-order valence-electron chi connectivity index (χ3n) is 4.28. The van der Waals surface area contributed by atoms with Crippen LogP contribution >= 0.6 is 0 Å². The number of benzene rings is 1. The zero-order valence-corrected chi connectivity index (χ0v) is 14.6. The molecule has 0 atom stereocenters. The van der Waals surface area contributed by atoms with E-state index in [0.29, 0.717) is 19.6 Å². The number of aryl methyl sites for hydroxylation is 2. The van der Waals surface area contributed by atoms with E-state index in [4.69, 9.17) is 4.74 Å². The van der Waals surface area contributed by atoms with Crippen molar-refractivity contribution in [2.24, 2.45) is 0 Å². The number of rotatable bonds is 4. The Morgan fingerprint density at radius 2 is 1.83 bits per heavy atom. The van der Waals surface area contributed by atoms with Crippen LogP contribution < -0.4 is 10.6 Å². The monoisotopic (exact) mass is 334 g/mol. The smallest absolute Gasteiger partial charge is 0.409 e. The molecule has 1 aliphatic heterocycles. The van der Waals surface area contributed by atoms with Gasteiger partial charge in [0.25, 0.3) is 0 Å². The summed E-state index contributed by atoms with van der Waals surface area (Å²) >= 11 is 0. The Morgan fingerprint density at radius 1 is 1.12 bits per heavy atom. The van der Waals surface area contributed by atoms with E-state index in [1.54, 1.807) is 4.90 Å². The number of carbonyl (C=O) groups excluding carboxylic acids is 2. The van der Waals surface area contributed by atoms with E-state index >= 15 is 0 Å². The maximum atomic E-state index is 11.9. The van der Waals surface area contributed by atoms with Crippen LogP contribution in [0, 0.1) is 13.8 Å². The van der Waals surface area contributed by atoms with Gasteiger partial charge in [-0.2, -0.15) is 0 Å². The number of anilines is 1. The number of piperazine rings is 1. The molecule has 1 fully saturated rings. The SMILES string of the molecule is COC(=O)N1CCN(CCNC(=O)Nc2ccc(C)c(C)c2)CC1. The predicted octanol–water partition coefficient (Wildman–Crippen LogP) is 1.81. The van der Waals surface area contributed by atoms with E-state index in [9.17, 15) is 9.59 Å². The highest BCUT2D eigenvalue weighted by Gasteiger charge is 2.20. The van der Waals surface area contributed by atoms with Gasteiger partial charge >= 0.3 is 12.1 Å². The second-order valence-corrected chi connectivity index (χ2v) is 5.98. The summed E-state index contributed by atoms with van der Waals surface area (Å²) in [5, 5.41) is 5.70. The number of urea groups is 1. The Balaban J connectivity index is 1.66. The van der Waals surface area contributed by atoms with Crippen molar-refractivity contribution in [1.29, 1.82) is 0 Å². The Morgan fingerprint density at radius 3 is 2.46 bits per heavy atom. The number of carbonyl (C=O) groups is 2. The van der Waals surface area contributed by atoms with Gasteiger partial charge in [-0.3, -0.25) is 4.90 Å². The lowest BCUT2D eigenvalue weighted by Crippen LogP contribution is -2.50. The molecular weight excluding hydrogens is 308 g/mol. The summed E-state index contributed by atoms with van der Waals surface area (Å²) in [4.78, 5) is 27.2. The van der Waals surface area contributed by atoms with Crippen molar-refractivity contribution < 1.29 is 14.3 Å². The van der Waals surface area contributed by atoms with E-state index in [2.05, 4.69) is 15.5 Å². The number of hydrogen-bond donors (Lipinski definition) is 2. The minimum absolute atomic E-state index is 0.202. The second kappa shape index (κ2) is 8.54. The largest absolute Gasteiger partial charge is 0.453 e. The van der Waals surface area contributed by atoms with E-state index in [1.165, 1.54) is 12.7 Å². The first-order valence-electron chi connectivity index (χ1n) is 8.17. The molecule has 2 N–H and O–H groups in total. The van der Waals surface area contributed by atoms with Crippen molar-refractivity contribution in [3.8, 4) is 0 Å². The highest BCUT2D eigenvalue weighted by Crippen LogP contribution is 2.13. The summed E-state index contributed by atoms with van der Waals surface area (Å²) in [5.74, 6) is 0. The summed E-state index contributed by atoms with van der Waals surface area (Å²) in [6, 6.07) is 5.65. The van der Waals surface area contributed by atoms with Crippen molar-refractivity contribution in [3.63, 3.8) is 0 Å². The second-order valence-electron chi connectivity index (χ2n) is 5.98. The summed E-state index contributed by atoms with van der Waals surface area (Å²) in [7, 11) is 1.40. The molecule has 7 heteroatoms. The molecule has 1 aliphatic rings. The van der Waals surface area contributed by atoms with Gasteiger partial charge in [0, 0.05) is 45.0 Å². The van der Waals surface area contributed by atoms with Crippen LogP contribution in [-0.2, 0) is 4.74 Å². The van der Waals surface area contributed by atoms with Crippen LogP contribution in [0.1, 0.15) is 11.1 Å². The number of nitrogens with zero attached hydrogens (tertiary/aromatic N) is 2. The molecule has 1 aromatic carbocycles. The highest BCUT2D eigenvalue weighted by molar-refractivity contribution is 5.89. The summed E-state index contributed by atoms with van der Waals surface area (Å²) < 4.78 is 4.71. The lowest BCUT2D eigenvalue weighted by atomic mass is 10.1. The van der Waals surface area contributed by atoms with Crippen LogP contribution in [0.5, 0.6) is 0 Å². The Bertz CT molecular complexity index is 583. The maximum absolute atomic E-state index is 11.9. The van der Waals surface area contributed by atoms with Gasteiger partial charge in [-0.1, -0.05) is 6.07 Å². The molecule has 1 heterocycles. The lowest BCUT2D eigenvalue weighted by molar-refractivity contribution is 0.0916. The summed E-state index contributed by atoms with van der Waals surface area (Å²) in [6.45, 7) is 8.27. The van der Waals surface area contributed by atoms with E-state index in [-0.39, 0.29) is 12.1 Å². The first-order valence-corrected chi connectivity index (χ1v) is 8.17. The predicted molar refractivity (Wildman–Crippen MR) is 93.4 cm³/mol. The molecule has 2 rings (SSSR count). The molecule has 1 saturated heterocycles.